The van der Waals surface area contributed by atoms with Gasteiger partial charge in [0.1, 0.15) is 5.75 Å². The van der Waals surface area contributed by atoms with Crippen LogP contribution in [-0.4, -0.2) is 51.3 Å². The second kappa shape index (κ2) is 15.2. The Labute approximate surface area is 281 Å². The molecule has 3 aliphatic rings. The van der Waals surface area contributed by atoms with Crippen LogP contribution in [-0.2, 0) is 11.2 Å². The molecule has 0 bridgehead atoms. The molecule has 7 atom stereocenters. The summed E-state index contributed by atoms with van der Waals surface area (Å²) in [6.07, 6.45) is 1.01. The van der Waals surface area contributed by atoms with Crippen LogP contribution >= 0.6 is 0 Å². The highest BCUT2D eigenvalue weighted by Gasteiger charge is 2.81. The number of aromatic hydroxyl groups is 1. The zero-order valence-corrected chi connectivity index (χ0v) is 27.9. The van der Waals surface area contributed by atoms with Crippen LogP contribution in [0.4, 0.5) is 39.5 Å². The number of benzene rings is 1. The maximum absolute atomic E-state index is 13.8. The van der Waals surface area contributed by atoms with Gasteiger partial charge in [-0.3, -0.25) is 4.79 Å². The van der Waals surface area contributed by atoms with Crippen LogP contribution in [0, 0.1) is 29.1 Å². The topological polar surface area (TPSA) is 77.8 Å². The average Bonchev–Trinajstić information content (AvgIpc) is 3.31. The number of phenolic OH excluding ortho intramolecular Hbond substituents is 1. The number of hydrogen-bond acceptors (Lipinski definition) is 3. The van der Waals surface area contributed by atoms with Crippen LogP contribution in [0.5, 0.6) is 5.75 Å². The molecule has 49 heavy (non-hydrogen) atoms. The molecule has 0 spiro atoms. The first kappa shape index (κ1) is 39.6. The molecule has 0 amide bonds. The average molecular weight is 717 g/mol. The number of rotatable bonds is 17. The molecular formula is C36H49F9O4. The number of hydrogen-bond donors (Lipinski definition) is 3. The Balaban J connectivity index is 1.18. The summed E-state index contributed by atoms with van der Waals surface area (Å²) in [7, 11) is 0. The summed E-state index contributed by atoms with van der Waals surface area (Å²) in [6.45, 7) is 2.26. The van der Waals surface area contributed by atoms with E-state index in [0.29, 0.717) is 36.5 Å². The predicted molar refractivity (Wildman–Crippen MR) is 165 cm³/mol. The Morgan fingerprint density at radius 1 is 0.857 bits per heavy atom. The summed E-state index contributed by atoms with van der Waals surface area (Å²) in [5.41, 5.74) is 2.49. The number of halogens is 9. The summed E-state index contributed by atoms with van der Waals surface area (Å²) in [6, 6.07) is 5.76. The van der Waals surface area contributed by atoms with E-state index in [4.69, 9.17) is 0 Å². The van der Waals surface area contributed by atoms with Crippen LogP contribution < -0.4 is 0 Å². The van der Waals surface area contributed by atoms with Crippen molar-refractivity contribution in [3.8, 4) is 5.75 Å². The first-order chi connectivity index (χ1) is 22.7. The molecule has 4 nitrogen and oxygen atoms in total. The molecule has 3 N–H and O–H groups in total. The lowest BCUT2D eigenvalue weighted by molar-refractivity contribution is -0.396. The van der Waals surface area contributed by atoms with Gasteiger partial charge < -0.3 is 15.3 Å². The summed E-state index contributed by atoms with van der Waals surface area (Å²) >= 11 is 0. The largest absolute Gasteiger partial charge is 0.508 e. The number of aryl methyl sites for hydroxylation is 1. The molecular weight excluding hydrogens is 667 g/mol. The second-order valence-corrected chi connectivity index (χ2v) is 15.1. The fourth-order valence-electron chi connectivity index (χ4n) is 9.34. The molecule has 280 valence electrons. The third-order valence-electron chi connectivity index (χ3n) is 12.0. The monoisotopic (exact) mass is 716 g/mol. The molecule has 1 aromatic carbocycles. The van der Waals surface area contributed by atoms with Crippen molar-refractivity contribution in [2.45, 2.75) is 152 Å². The standard InChI is InChI=1S/C36H49F9O4/c1-32-21-24(30-26-16-14-25(46)20-23(26)13-15-27(30)28(32)17-18-29(32)47)11-8-6-4-2-3-5-7-10-22(31(48)49)12-9-19-33(37,38)34(39,40)35(41,42)36(43,44)45/h14,16,20,22,24,27-30,46-47H,2-13,15,17-19,21H2,1H3,(H,48,49)/t22?,24-,27-,28-,29-,30+,32-/m0/s1. The van der Waals surface area contributed by atoms with Gasteiger partial charge in [0.25, 0.3) is 0 Å². The highest BCUT2D eigenvalue weighted by Crippen LogP contribution is 2.63. The molecule has 1 aromatic rings. The third kappa shape index (κ3) is 8.16. The van der Waals surface area contributed by atoms with Gasteiger partial charge in [-0.25, -0.2) is 0 Å². The van der Waals surface area contributed by atoms with Gasteiger partial charge in [-0.2, -0.15) is 39.5 Å². The van der Waals surface area contributed by atoms with Gasteiger partial charge in [0.05, 0.1) is 12.0 Å². The zero-order valence-electron chi connectivity index (χ0n) is 27.9. The lowest BCUT2D eigenvalue weighted by Crippen LogP contribution is -2.60. The number of aliphatic hydroxyl groups is 1. The molecule has 0 aromatic heterocycles. The number of carbonyl (C=O) groups is 1. The minimum atomic E-state index is -6.94. The quantitative estimate of drug-likeness (QED) is 0.111. The maximum Gasteiger partial charge on any atom is 0.460 e. The van der Waals surface area contributed by atoms with E-state index >= 15 is 0 Å². The van der Waals surface area contributed by atoms with E-state index in [1.54, 1.807) is 6.07 Å². The minimum Gasteiger partial charge on any atom is -0.508 e. The highest BCUT2D eigenvalue weighted by atomic mass is 19.4. The van der Waals surface area contributed by atoms with E-state index < -0.39 is 55.1 Å². The van der Waals surface area contributed by atoms with E-state index in [2.05, 4.69) is 13.0 Å². The van der Waals surface area contributed by atoms with E-state index in [9.17, 15) is 59.6 Å². The molecule has 1 unspecified atom stereocenters. The molecule has 13 heteroatoms. The number of unbranched alkanes of at least 4 members (excludes halogenated alkanes) is 6. The summed E-state index contributed by atoms with van der Waals surface area (Å²) in [4.78, 5) is 11.6. The molecule has 3 aliphatic carbocycles. The Morgan fingerprint density at radius 2 is 1.47 bits per heavy atom. The zero-order chi connectivity index (χ0) is 36.4. The molecule has 2 saturated carbocycles. The van der Waals surface area contributed by atoms with Crippen LogP contribution in [0.15, 0.2) is 18.2 Å². The Morgan fingerprint density at radius 3 is 2.10 bits per heavy atom. The number of carboxylic acids is 1. The SMILES string of the molecule is C[C@]12C[C@H](CCCCCCCCCC(CCCC(F)(F)C(F)(F)C(F)(F)C(F)(F)F)C(=O)O)[C@@H]3c4ccc(O)cc4CC[C@H]3[C@@H]1CC[C@@H]2O. The molecule has 0 saturated heterocycles. The summed E-state index contributed by atoms with van der Waals surface area (Å²) in [5, 5.41) is 30.4. The van der Waals surface area contributed by atoms with Crippen molar-refractivity contribution < 1.29 is 59.6 Å². The van der Waals surface area contributed by atoms with Crippen LogP contribution in [0.3, 0.4) is 0 Å². The van der Waals surface area contributed by atoms with E-state index in [-0.39, 0.29) is 23.7 Å². The van der Waals surface area contributed by atoms with Gasteiger partial charge in [-0.05, 0) is 110 Å². The van der Waals surface area contributed by atoms with E-state index in [1.807, 2.05) is 6.07 Å². The van der Waals surface area contributed by atoms with Crippen molar-refractivity contribution in [2.24, 2.45) is 29.1 Å². The normalized spacial score (nSPS) is 28.1. The van der Waals surface area contributed by atoms with Crippen molar-refractivity contribution in [3.63, 3.8) is 0 Å². The van der Waals surface area contributed by atoms with Crippen molar-refractivity contribution in [1.82, 2.24) is 0 Å². The van der Waals surface area contributed by atoms with Gasteiger partial charge >= 0.3 is 29.9 Å². The molecule has 4 rings (SSSR count). The maximum atomic E-state index is 13.8. The molecule has 0 radical (unpaired) electrons. The number of alkyl halides is 9. The van der Waals surface area contributed by atoms with Crippen LogP contribution in [0.25, 0.3) is 0 Å². The fraction of sp³-hybridized carbons (Fsp3) is 0.806. The Kier molecular flexibility index (Phi) is 12.3. The number of fused-ring (bicyclic) bond motifs is 5. The number of carboxylic acid groups (broad SMARTS) is 1. The number of aliphatic hydroxyl groups excluding tert-OH is 1. The number of phenols is 1. The van der Waals surface area contributed by atoms with Gasteiger partial charge in [0, 0.05) is 6.42 Å². The van der Waals surface area contributed by atoms with Crippen molar-refractivity contribution >= 4 is 5.97 Å². The predicted octanol–water partition coefficient (Wildman–Crippen LogP) is 10.7. The Hall–Kier alpha value is -2.18. The first-order valence-corrected chi connectivity index (χ1v) is 17.7. The van der Waals surface area contributed by atoms with Gasteiger partial charge in [-0.1, -0.05) is 57.9 Å². The van der Waals surface area contributed by atoms with Crippen molar-refractivity contribution in [3.05, 3.63) is 29.3 Å². The second-order valence-electron chi connectivity index (χ2n) is 15.1. The minimum absolute atomic E-state index is 0.0467. The van der Waals surface area contributed by atoms with E-state index in [0.717, 1.165) is 70.6 Å². The third-order valence-corrected chi connectivity index (χ3v) is 12.0. The fourth-order valence-corrected chi connectivity index (χ4v) is 9.34. The van der Waals surface area contributed by atoms with Crippen molar-refractivity contribution in [2.75, 3.05) is 0 Å². The molecule has 0 heterocycles. The summed E-state index contributed by atoms with van der Waals surface area (Å²) in [5.74, 6) is -19.7. The smallest absolute Gasteiger partial charge is 0.460 e. The lowest BCUT2D eigenvalue weighted by Gasteiger charge is -2.54. The first-order valence-electron chi connectivity index (χ1n) is 17.7. The Bertz CT molecular complexity index is 1270. The lowest BCUT2D eigenvalue weighted by atomic mass is 9.51. The van der Waals surface area contributed by atoms with Gasteiger partial charge in [-0.15, -0.1) is 0 Å². The van der Waals surface area contributed by atoms with Crippen molar-refractivity contribution in [1.29, 1.82) is 0 Å². The molecule has 0 aliphatic heterocycles. The molecule has 2 fully saturated rings. The van der Waals surface area contributed by atoms with Crippen LogP contribution in [0.2, 0.25) is 0 Å². The van der Waals surface area contributed by atoms with Crippen LogP contribution in [0.1, 0.15) is 127 Å². The summed E-state index contributed by atoms with van der Waals surface area (Å²) < 4.78 is 118. The van der Waals surface area contributed by atoms with Gasteiger partial charge in [0.15, 0.2) is 0 Å². The number of aliphatic carboxylic acids is 1. The van der Waals surface area contributed by atoms with Gasteiger partial charge in [0.2, 0.25) is 0 Å². The highest BCUT2D eigenvalue weighted by molar-refractivity contribution is 5.69. The van der Waals surface area contributed by atoms with E-state index in [1.165, 1.54) is 11.1 Å².